The lowest BCUT2D eigenvalue weighted by Gasteiger charge is -2.39. The maximum absolute atomic E-state index is 12.3. The summed E-state index contributed by atoms with van der Waals surface area (Å²) >= 11 is 1.38. The van der Waals surface area contributed by atoms with E-state index in [9.17, 15) is 9.59 Å². The van der Waals surface area contributed by atoms with E-state index < -0.39 is 0 Å². The molecule has 4 nitrogen and oxygen atoms in total. The van der Waals surface area contributed by atoms with Gasteiger partial charge in [0, 0.05) is 17.8 Å². The lowest BCUT2D eigenvalue weighted by atomic mass is 9.98. The first-order chi connectivity index (χ1) is 10.6. The Labute approximate surface area is 136 Å². The summed E-state index contributed by atoms with van der Waals surface area (Å²) in [5, 5.41) is 2.83. The van der Waals surface area contributed by atoms with Crippen LogP contribution in [0.5, 0.6) is 0 Å². The Morgan fingerprint density at radius 1 is 1.14 bits per heavy atom. The standard InChI is InChI=1S/C17H24N2O2S/c1-13-7-6-8-14(2)19(13)17(21)12-22-11-16(20)18-15-9-4-3-5-10-15/h3-5,9-10,13-14H,6-8,11-12H2,1-2H3,(H,18,20). The molecule has 0 radical (unpaired) electrons. The molecule has 0 spiro atoms. The fourth-order valence-electron chi connectivity index (χ4n) is 2.94. The van der Waals surface area contributed by atoms with E-state index in [0.717, 1.165) is 18.5 Å². The van der Waals surface area contributed by atoms with Gasteiger partial charge >= 0.3 is 0 Å². The highest BCUT2D eigenvalue weighted by Gasteiger charge is 2.28. The van der Waals surface area contributed by atoms with Gasteiger partial charge < -0.3 is 10.2 Å². The lowest BCUT2D eigenvalue weighted by molar-refractivity contribution is -0.134. The van der Waals surface area contributed by atoms with E-state index in [1.165, 1.54) is 18.2 Å². The number of nitrogens with one attached hydrogen (secondary N) is 1. The van der Waals surface area contributed by atoms with Crippen LogP contribution in [0.15, 0.2) is 30.3 Å². The second kappa shape index (κ2) is 8.22. The summed E-state index contributed by atoms with van der Waals surface area (Å²) in [6, 6.07) is 10.0. The van der Waals surface area contributed by atoms with Gasteiger partial charge in [-0.3, -0.25) is 9.59 Å². The normalized spacial score (nSPS) is 21.5. The number of hydrogen-bond acceptors (Lipinski definition) is 3. The highest BCUT2D eigenvalue weighted by atomic mass is 32.2. The molecule has 5 heteroatoms. The Balaban J connectivity index is 1.73. The summed E-state index contributed by atoms with van der Waals surface area (Å²) in [6.45, 7) is 4.22. The van der Waals surface area contributed by atoms with Crippen molar-refractivity contribution in [3.63, 3.8) is 0 Å². The van der Waals surface area contributed by atoms with Crippen LogP contribution in [-0.2, 0) is 9.59 Å². The molecule has 1 aliphatic rings. The molecular formula is C17H24N2O2S. The molecule has 0 bridgehead atoms. The number of nitrogens with zero attached hydrogens (tertiary/aromatic N) is 1. The van der Waals surface area contributed by atoms with Gasteiger partial charge in [-0.25, -0.2) is 0 Å². The van der Waals surface area contributed by atoms with Crippen LogP contribution in [0.2, 0.25) is 0 Å². The average Bonchev–Trinajstić information content (AvgIpc) is 2.48. The first-order valence-corrected chi connectivity index (χ1v) is 8.97. The summed E-state index contributed by atoms with van der Waals surface area (Å²) in [5.41, 5.74) is 0.790. The monoisotopic (exact) mass is 320 g/mol. The van der Waals surface area contributed by atoms with Crippen molar-refractivity contribution in [2.75, 3.05) is 16.8 Å². The lowest BCUT2D eigenvalue weighted by Crippen LogP contribution is -2.48. The third kappa shape index (κ3) is 4.77. The van der Waals surface area contributed by atoms with E-state index in [1.807, 2.05) is 35.2 Å². The number of benzene rings is 1. The van der Waals surface area contributed by atoms with Crippen molar-refractivity contribution in [3.8, 4) is 0 Å². The number of likely N-dealkylation sites (tertiary alicyclic amines) is 1. The van der Waals surface area contributed by atoms with Gasteiger partial charge in [0.05, 0.1) is 11.5 Å². The average molecular weight is 320 g/mol. The summed E-state index contributed by atoms with van der Waals surface area (Å²) in [5.74, 6) is 0.759. The Kier molecular flexibility index (Phi) is 6.31. The molecule has 2 amide bonds. The van der Waals surface area contributed by atoms with Crippen LogP contribution >= 0.6 is 11.8 Å². The van der Waals surface area contributed by atoms with E-state index in [0.29, 0.717) is 23.6 Å². The fourth-order valence-corrected chi connectivity index (χ4v) is 3.62. The quantitative estimate of drug-likeness (QED) is 0.906. The van der Waals surface area contributed by atoms with Gasteiger partial charge in [0.25, 0.3) is 0 Å². The first-order valence-electron chi connectivity index (χ1n) is 7.81. The minimum atomic E-state index is -0.0660. The molecule has 1 aromatic carbocycles. The summed E-state index contributed by atoms with van der Waals surface area (Å²) < 4.78 is 0. The molecule has 2 unspecified atom stereocenters. The SMILES string of the molecule is CC1CCCC(C)N1C(=O)CSCC(=O)Nc1ccccc1. The van der Waals surface area contributed by atoms with Crippen molar-refractivity contribution < 1.29 is 9.59 Å². The fraction of sp³-hybridized carbons (Fsp3) is 0.529. The minimum absolute atomic E-state index is 0.0660. The maximum atomic E-state index is 12.3. The smallest absolute Gasteiger partial charge is 0.234 e. The summed E-state index contributed by atoms with van der Waals surface area (Å²) in [6.07, 6.45) is 3.35. The zero-order chi connectivity index (χ0) is 15.9. The molecule has 0 aromatic heterocycles. The molecule has 2 rings (SSSR count). The van der Waals surface area contributed by atoms with Crippen LogP contribution in [0.1, 0.15) is 33.1 Å². The van der Waals surface area contributed by atoms with Crippen molar-refractivity contribution in [2.24, 2.45) is 0 Å². The molecule has 1 N–H and O–H groups in total. The Bertz CT molecular complexity index is 497. The van der Waals surface area contributed by atoms with Crippen LogP contribution in [-0.4, -0.2) is 40.3 Å². The van der Waals surface area contributed by atoms with Crippen molar-refractivity contribution in [3.05, 3.63) is 30.3 Å². The van der Waals surface area contributed by atoms with Crippen LogP contribution in [0.4, 0.5) is 5.69 Å². The second-order valence-electron chi connectivity index (χ2n) is 5.84. The second-order valence-corrected chi connectivity index (χ2v) is 6.82. The number of para-hydroxylation sites is 1. The first kappa shape index (κ1) is 16.9. The van der Waals surface area contributed by atoms with Crippen molar-refractivity contribution in [2.45, 2.75) is 45.2 Å². The predicted octanol–water partition coefficient (Wildman–Crippen LogP) is 3.15. The van der Waals surface area contributed by atoms with Gasteiger partial charge in [0.2, 0.25) is 11.8 Å². The van der Waals surface area contributed by atoms with E-state index >= 15 is 0 Å². The number of rotatable bonds is 5. The summed E-state index contributed by atoms with van der Waals surface area (Å²) in [4.78, 5) is 26.2. The maximum Gasteiger partial charge on any atom is 0.234 e. The largest absolute Gasteiger partial charge is 0.337 e. The van der Waals surface area contributed by atoms with E-state index in [1.54, 1.807) is 0 Å². The molecule has 0 aliphatic carbocycles. The number of hydrogen-bond donors (Lipinski definition) is 1. The Morgan fingerprint density at radius 3 is 2.41 bits per heavy atom. The highest BCUT2D eigenvalue weighted by molar-refractivity contribution is 8.00. The van der Waals surface area contributed by atoms with E-state index in [2.05, 4.69) is 19.2 Å². The van der Waals surface area contributed by atoms with Gasteiger partial charge in [-0.2, -0.15) is 0 Å². The molecule has 2 atom stereocenters. The zero-order valence-electron chi connectivity index (χ0n) is 13.2. The number of piperidine rings is 1. The van der Waals surface area contributed by atoms with Gasteiger partial charge in [0.1, 0.15) is 0 Å². The van der Waals surface area contributed by atoms with E-state index in [-0.39, 0.29) is 11.8 Å². The number of carbonyl (C=O) groups is 2. The molecule has 22 heavy (non-hydrogen) atoms. The van der Waals surface area contributed by atoms with Gasteiger partial charge in [-0.1, -0.05) is 18.2 Å². The Hall–Kier alpha value is -1.49. The van der Waals surface area contributed by atoms with Crippen LogP contribution < -0.4 is 5.32 Å². The number of amides is 2. The van der Waals surface area contributed by atoms with Gasteiger partial charge in [-0.15, -0.1) is 11.8 Å². The third-order valence-corrected chi connectivity index (χ3v) is 4.92. The van der Waals surface area contributed by atoms with Crippen molar-refractivity contribution in [1.82, 2.24) is 4.90 Å². The predicted molar refractivity (Wildman–Crippen MR) is 92.0 cm³/mol. The van der Waals surface area contributed by atoms with Crippen LogP contribution in [0.3, 0.4) is 0 Å². The van der Waals surface area contributed by atoms with E-state index in [4.69, 9.17) is 0 Å². The van der Waals surface area contributed by atoms with Crippen LogP contribution in [0.25, 0.3) is 0 Å². The molecule has 1 aromatic rings. The number of anilines is 1. The highest BCUT2D eigenvalue weighted by Crippen LogP contribution is 2.23. The third-order valence-electron chi connectivity index (χ3n) is 4.00. The number of thioether (sulfide) groups is 1. The summed E-state index contributed by atoms with van der Waals surface area (Å²) in [7, 11) is 0. The molecule has 1 aliphatic heterocycles. The van der Waals surface area contributed by atoms with Crippen molar-refractivity contribution >= 4 is 29.3 Å². The zero-order valence-corrected chi connectivity index (χ0v) is 14.1. The molecule has 1 fully saturated rings. The molecular weight excluding hydrogens is 296 g/mol. The van der Waals surface area contributed by atoms with Gasteiger partial charge in [0.15, 0.2) is 0 Å². The molecule has 1 saturated heterocycles. The Morgan fingerprint density at radius 2 is 1.77 bits per heavy atom. The minimum Gasteiger partial charge on any atom is -0.337 e. The van der Waals surface area contributed by atoms with Gasteiger partial charge in [-0.05, 0) is 45.2 Å². The molecule has 0 saturated carbocycles. The van der Waals surface area contributed by atoms with Crippen LogP contribution in [0, 0.1) is 0 Å². The number of carbonyl (C=O) groups excluding carboxylic acids is 2. The van der Waals surface area contributed by atoms with Crippen molar-refractivity contribution in [1.29, 1.82) is 0 Å². The molecule has 1 heterocycles. The topological polar surface area (TPSA) is 49.4 Å². The molecule has 120 valence electrons.